The topological polar surface area (TPSA) is 125 Å². The van der Waals surface area contributed by atoms with Gasteiger partial charge in [0, 0.05) is 29.9 Å². The van der Waals surface area contributed by atoms with Gasteiger partial charge in [-0.25, -0.2) is 13.2 Å². The van der Waals surface area contributed by atoms with Crippen molar-refractivity contribution in [1.29, 1.82) is 0 Å². The first-order valence-electron chi connectivity index (χ1n) is 11.6. The number of ether oxygens (including phenoxy) is 1. The van der Waals surface area contributed by atoms with Gasteiger partial charge in [-0.1, -0.05) is 26.8 Å². The van der Waals surface area contributed by atoms with Gasteiger partial charge in [-0.3, -0.25) is 24.1 Å². The van der Waals surface area contributed by atoms with Crippen molar-refractivity contribution < 1.29 is 27.5 Å². The molecule has 1 saturated heterocycles. The number of benzene rings is 2. The number of methoxy groups -OCH3 is 1. The second-order valence-electron chi connectivity index (χ2n) is 9.66. The van der Waals surface area contributed by atoms with Gasteiger partial charge in [-0.05, 0) is 41.8 Å². The molecule has 37 heavy (non-hydrogen) atoms. The van der Waals surface area contributed by atoms with E-state index in [1.807, 2.05) is 20.8 Å². The highest BCUT2D eigenvalue weighted by molar-refractivity contribution is 7.92. The van der Waals surface area contributed by atoms with Gasteiger partial charge >= 0.3 is 6.03 Å². The molecule has 0 bridgehead atoms. The standard InChI is InChI=1S/C26H32N4O6S/c1-7-13-30(37(6,34)35)18-10-8-17(9-11-18)27-24(32)20-15-19(29-14-12-22(31)28-25(29)33)16-21(23(20)36-5)26(2,3)4/h7-11,15-16H,1,12-14H2,2-6H3,(H,27,32)(H,28,31,33). The number of anilines is 3. The number of rotatable bonds is 8. The van der Waals surface area contributed by atoms with Crippen molar-refractivity contribution in [3.05, 3.63) is 60.2 Å². The maximum atomic E-state index is 13.4. The van der Waals surface area contributed by atoms with Gasteiger partial charge in [0.05, 0.1) is 31.2 Å². The van der Waals surface area contributed by atoms with Crippen LogP contribution in [0.1, 0.15) is 43.1 Å². The van der Waals surface area contributed by atoms with Crippen molar-refractivity contribution in [2.75, 3.05) is 41.0 Å². The number of nitrogens with one attached hydrogen (secondary N) is 2. The Balaban J connectivity index is 1.99. The van der Waals surface area contributed by atoms with E-state index in [-0.39, 0.29) is 31.0 Å². The molecule has 0 spiro atoms. The quantitative estimate of drug-likeness (QED) is 0.504. The molecular weight excluding hydrogens is 496 g/mol. The lowest BCUT2D eigenvalue weighted by atomic mass is 9.84. The van der Waals surface area contributed by atoms with Crippen LogP contribution in [-0.2, 0) is 20.2 Å². The monoisotopic (exact) mass is 528 g/mol. The van der Waals surface area contributed by atoms with Crippen molar-refractivity contribution in [2.45, 2.75) is 32.6 Å². The molecule has 11 heteroatoms. The lowest BCUT2D eigenvalue weighted by molar-refractivity contribution is -0.120. The summed E-state index contributed by atoms with van der Waals surface area (Å²) >= 11 is 0. The van der Waals surface area contributed by atoms with E-state index in [4.69, 9.17) is 4.74 Å². The van der Waals surface area contributed by atoms with Crippen molar-refractivity contribution >= 4 is 44.9 Å². The molecule has 3 rings (SSSR count). The molecule has 2 aromatic rings. The normalized spacial score (nSPS) is 14.1. The Morgan fingerprint density at radius 3 is 2.38 bits per heavy atom. The molecule has 10 nitrogen and oxygen atoms in total. The van der Waals surface area contributed by atoms with Crippen LogP contribution >= 0.6 is 0 Å². The molecule has 0 saturated carbocycles. The second-order valence-corrected chi connectivity index (χ2v) is 11.6. The number of amides is 4. The van der Waals surface area contributed by atoms with E-state index in [9.17, 15) is 22.8 Å². The zero-order valence-electron chi connectivity index (χ0n) is 21.6. The fourth-order valence-corrected chi connectivity index (χ4v) is 4.87. The number of sulfonamides is 1. The van der Waals surface area contributed by atoms with Gasteiger partial charge in [0.25, 0.3) is 5.91 Å². The highest BCUT2D eigenvalue weighted by Crippen LogP contribution is 2.38. The maximum Gasteiger partial charge on any atom is 0.328 e. The smallest absolute Gasteiger partial charge is 0.328 e. The van der Waals surface area contributed by atoms with Crippen molar-refractivity contribution in [3.63, 3.8) is 0 Å². The number of nitrogens with zero attached hydrogens (tertiary/aromatic N) is 2. The Kier molecular flexibility index (Phi) is 7.97. The van der Waals surface area contributed by atoms with Gasteiger partial charge < -0.3 is 10.1 Å². The van der Waals surface area contributed by atoms with Crippen LogP contribution in [0.25, 0.3) is 0 Å². The molecule has 0 aromatic heterocycles. The Hall–Kier alpha value is -3.86. The zero-order valence-corrected chi connectivity index (χ0v) is 22.4. The number of urea groups is 1. The molecule has 0 radical (unpaired) electrons. The number of hydrogen-bond donors (Lipinski definition) is 2. The van der Waals surface area contributed by atoms with Crippen molar-refractivity contribution in [1.82, 2.24) is 5.32 Å². The predicted molar refractivity (Wildman–Crippen MR) is 144 cm³/mol. The van der Waals surface area contributed by atoms with Crippen molar-refractivity contribution in [2.24, 2.45) is 0 Å². The molecule has 1 heterocycles. The summed E-state index contributed by atoms with van der Waals surface area (Å²) in [5, 5.41) is 5.12. The first-order valence-corrected chi connectivity index (χ1v) is 13.4. The molecule has 1 aliphatic heterocycles. The lowest BCUT2D eigenvalue weighted by Crippen LogP contribution is -2.49. The van der Waals surface area contributed by atoms with Crippen LogP contribution in [-0.4, -0.2) is 52.7 Å². The average molecular weight is 529 g/mol. The van der Waals surface area contributed by atoms with E-state index < -0.39 is 27.4 Å². The first kappa shape index (κ1) is 27.7. The van der Waals surface area contributed by atoms with E-state index in [0.29, 0.717) is 28.4 Å². The van der Waals surface area contributed by atoms with Gasteiger partial charge in [-0.15, -0.1) is 6.58 Å². The largest absolute Gasteiger partial charge is 0.496 e. The van der Waals surface area contributed by atoms with E-state index in [1.54, 1.807) is 36.4 Å². The van der Waals surface area contributed by atoms with Crippen LogP contribution in [0.3, 0.4) is 0 Å². The van der Waals surface area contributed by atoms with Crippen LogP contribution in [0.15, 0.2) is 49.1 Å². The minimum absolute atomic E-state index is 0.111. The number of imide groups is 1. The molecule has 2 aromatic carbocycles. The molecule has 0 aliphatic carbocycles. The molecule has 4 amide bonds. The van der Waals surface area contributed by atoms with Gasteiger partial charge in [-0.2, -0.15) is 0 Å². The van der Waals surface area contributed by atoms with Gasteiger partial charge in [0.2, 0.25) is 15.9 Å². The summed E-state index contributed by atoms with van der Waals surface area (Å²) in [6, 6.07) is 9.16. The van der Waals surface area contributed by atoms with E-state index in [0.717, 1.165) is 6.26 Å². The van der Waals surface area contributed by atoms with Crippen LogP contribution in [0, 0.1) is 0 Å². The Morgan fingerprint density at radius 2 is 1.86 bits per heavy atom. The SMILES string of the molecule is C=CCN(c1ccc(NC(=O)c2cc(N3CCC(=O)NC3=O)cc(C(C)(C)C)c2OC)cc1)S(C)(=O)=O. The minimum Gasteiger partial charge on any atom is -0.496 e. The van der Waals surface area contributed by atoms with Crippen LogP contribution < -0.4 is 24.6 Å². The molecule has 2 N–H and O–H groups in total. The molecule has 198 valence electrons. The Bertz CT molecular complexity index is 1330. The zero-order chi connectivity index (χ0) is 27.5. The van der Waals surface area contributed by atoms with Crippen LogP contribution in [0.4, 0.5) is 21.9 Å². The fourth-order valence-electron chi connectivity index (χ4n) is 3.98. The maximum absolute atomic E-state index is 13.4. The summed E-state index contributed by atoms with van der Waals surface area (Å²) < 4.78 is 31.0. The predicted octanol–water partition coefficient (Wildman–Crippen LogP) is 3.64. The first-order chi connectivity index (χ1) is 17.3. The number of hydrogen-bond acceptors (Lipinski definition) is 6. The highest BCUT2D eigenvalue weighted by Gasteiger charge is 2.30. The third-order valence-electron chi connectivity index (χ3n) is 5.80. The third-order valence-corrected chi connectivity index (χ3v) is 6.97. The molecule has 1 fully saturated rings. The molecule has 1 aliphatic rings. The summed E-state index contributed by atoms with van der Waals surface area (Å²) in [5.41, 5.74) is 1.83. The van der Waals surface area contributed by atoms with E-state index in [1.165, 1.54) is 22.4 Å². The summed E-state index contributed by atoms with van der Waals surface area (Å²) in [6.07, 6.45) is 2.74. The van der Waals surface area contributed by atoms with Gasteiger partial charge in [0.1, 0.15) is 5.75 Å². The van der Waals surface area contributed by atoms with Crippen LogP contribution in [0.2, 0.25) is 0 Å². The summed E-state index contributed by atoms with van der Waals surface area (Å²) in [6.45, 7) is 9.79. The Labute approximate surface area is 217 Å². The highest BCUT2D eigenvalue weighted by atomic mass is 32.2. The Morgan fingerprint density at radius 1 is 1.22 bits per heavy atom. The van der Waals surface area contributed by atoms with Crippen molar-refractivity contribution in [3.8, 4) is 5.75 Å². The second kappa shape index (κ2) is 10.6. The van der Waals surface area contributed by atoms with E-state index in [2.05, 4.69) is 17.2 Å². The minimum atomic E-state index is -3.51. The van der Waals surface area contributed by atoms with Crippen LogP contribution in [0.5, 0.6) is 5.75 Å². The molecule has 0 unspecified atom stereocenters. The molecular formula is C26H32N4O6S. The summed E-state index contributed by atoms with van der Waals surface area (Å²) in [5.74, 6) is -0.459. The number of carbonyl (C=O) groups is 3. The van der Waals surface area contributed by atoms with Gasteiger partial charge in [0.15, 0.2) is 0 Å². The third kappa shape index (κ3) is 6.29. The average Bonchev–Trinajstić information content (AvgIpc) is 2.81. The summed E-state index contributed by atoms with van der Waals surface area (Å²) in [4.78, 5) is 39.0. The summed E-state index contributed by atoms with van der Waals surface area (Å²) in [7, 11) is -2.04. The number of carbonyl (C=O) groups excluding carboxylic acids is 3. The van der Waals surface area contributed by atoms with E-state index >= 15 is 0 Å². The lowest BCUT2D eigenvalue weighted by Gasteiger charge is -2.30. The molecule has 0 atom stereocenters. The fraction of sp³-hybridized carbons (Fsp3) is 0.346.